The standard InChI is InChI=1S/C8H15NO3/c10-4-6-7-2-1-3-9(7)12-8(6)5-11/h6-8,10-11H,1-5H2. The second-order valence-electron chi connectivity index (χ2n) is 3.52. The minimum Gasteiger partial charge on any atom is -0.396 e. The zero-order valence-corrected chi connectivity index (χ0v) is 7.02. The molecule has 0 aromatic carbocycles. The Hall–Kier alpha value is -0.160. The van der Waals surface area contributed by atoms with Crippen LogP contribution in [0.15, 0.2) is 0 Å². The molecule has 3 atom stereocenters. The number of aliphatic hydroxyl groups excluding tert-OH is 2. The van der Waals surface area contributed by atoms with Crippen molar-refractivity contribution < 1.29 is 15.1 Å². The van der Waals surface area contributed by atoms with Crippen LogP contribution in [0.4, 0.5) is 0 Å². The van der Waals surface area contributed by atoms with Gasteiger partial charge >= 0.3 is 0 Å². The first-order valence-electron chi connectivity index (χ1n) is 4.52. The number of hydrogen-bond donors (Lipinski definition) is 2. The van der Waals surface area contributed by atoms with E-state index in [2.05, 4.69) is 0 Å². The molecule has 2 saturated heterocycles. The summed E-state index contributed by atoms with van der Waals surface area (Å²) in [4.78, 5) is 5.46. The smallest absolute Gasteiger partial charge is 0.109 e. The molecule has 0 aromatic rings. The summed E-state index contributed by atoms with van der Waals surface area (Å²) in [6.07, 6.45) is 2.04. The molecule has 0 amide bonds. The molecule has 0 aliphatic carbocycles. The average Bonchev–Trinajstić information content (AvgIpc) is 2.61. The Morgan fingerprint density at radius 2 is 2.17 bits per heavy atom. The molecule has 0 aromatic heterocycles. The van der Waals surface area contributed by atoms with Crippen molar-refractivity contribution in [2.45, 2.75) is 25.0 Å². The summed E-state index contributed by atoms with van der Waals surface area (Å²) in [7, 11) is 0. The summed E-state index contributed by atoms with van der Waals surface area (Å²) in [5.41, 5.74) is 0. The molecule has 2 N–H and O–H groups in total. The fourth-order valence-electron chi connectivity index (χ4n) is 2.23. The number of fused-ring (bicyclic) bond motifs is 1. The molecule has 4 heteroatoms. The normalized spacial score (nSPS) is 42.0. The largest absolute Gasteiger partial charge is 0.396 e. The summed E-state index contributed by atoms with van der Waals surface area (Å²) in [6.45, 7) is 1.07. The van der Waals surface area contributed by atoms with Crippen molar-refractivity contribution in [1.29, 1.82) is 0 Å². The zero-order valence-electron chi connectivity index (χ0n) is 7.02. The monoisotopic (exact) mass is 173 g/mol. The van der Waals surface area contributed by atoms with Gasteiger partial charge in [-0.05, 0) is 12.8 Å². The van der Waals surface area contributed by atoms with Crippen molar-refractivity contribution in [3.8, 4) is 0 Å². The fraction of sp³-hybridized carbons (Fsp3) is 1.00. The summed E-state index contributed by atoms with van der Waals surface area (Å²) < 4.78 is 0. The Balaban J connectivity index is 2.05. The van der Waals surface area contributed by atoms with Gasteiger partial charge in [0.05, 0.1) is 13.2 Å². The average molecular weight is 173 g/mol. The molecule has 0 bridgehead atoms. The Labute approximate surface area is 71.7 Å². The predicted octanol–water partition coefficient (Wildman–Crippen LogP) is -0.635. The number of aliphatic hydroxyl groups is 2. The Morgan fingerprint density at radius 1 is 1.33 bits per heavy atom. The maximum atomic E-state index is 9.10. The van der Waals surface area contributed by atoms with Crippen molar-refractivity contribution >= 4 is 0 Å². The molecule has 0 saturated carbocycles. The maximum absolute atomic E-state index is 9.10. The van der Waals surface area contributed by atoms with Gasteiger partial charge in [-0.3, -0.25) is 4.84 Å². The van der Waals surface area contributed by atoms with E-state index in [1.54, 1.807) is 0 Å². The highest BCUT2D eigenvalue weighted by molar-refractivity contribution is 4.90. The van der Waals surface area contributed by atoms with Gasteiger partial charge < -0.3 is 10.2 Å². The molecule has 2 rings (SSSR count). The van der Waals surface area contributed by atoms with Gasteiger partial charge in [-0.15, -0.1) is 0 Å². The lowest BCUT2D eigenvalue weighted by atomic mass is 9.95. The SMILES string of the molecule is OCC1ON2CCCC2C1CO. The van der Waals surface area contributed by atoms with Crippen molar-refractivity contribution in [1.82, 2.24) is 5.06 Å². The molecule has 0 spiro atoms. The lowest BCUT2D eigenvalue weighted by molar-refractivity contribution is -0.158. The molecule has 4 nitrogen and oxygen atoms in total. The van der Waals surface area contributed by atoms with E-state index in [1.165, 1.54) is 0 Å². The van der Waals surface area contributed by atoms with Crippen LogP contribution in [0.3, 0.4) is 0 Å². The highest BCUT2D eigenvalue weighted by Gasteiger charge is 2.44. The Bertz CT molecular complexity index is 164. The van der Waals surface area contributed by atoms with E-state index in [0.29, 0.717) is 6.04 Å². The third-order valence-corrected chi connectivity index (χ3v) is 2.88. The third-order valence-electron chi connectivity index (χ3n) is 2.88. The Morgan fingerprint density at radius 3 is 2.83 bits per heavy atom. The number of rotatable bonds is 2. The molecular weight excluding hydrogens is 158 g/mol. The minimum atomic E-state index is -0.180. The van der Waals surface area contributed by atoms with Crippen LogP contribution >= 0.6 is 0 Å². The first-order valence-corrected chi connectivity index (χ1v) is 4.52. The van der Waals surface area contributed by atoms with Crippen LogP contribution in [-0.2, 0) is 4.84 Å². The van der Waals surface area contributed by atoms with Crippen molar-refractivity contribution in [2.24, 2.45) is 5.92 Å². The second-order valence-corrected chi connectivity index (χ2v) is 3.52. The lowest BCUT2D eigenvalue weighted by Gasteiger charge is -2.15. The number of nitrogens with zero attached hydrogens (tertiary/aromatic N) is 1. The highest BCUT2D eigenvalue weighted by atomic mass is 16.7. The predicted molar refractivity (Wildman–Crippen MR) is 42.3 cm³/mol. The van der Waals surface area contributed by atoms with Gasteiger partial charge in [0.25, 0.3) is 0 Å². The molecule has 2 aliphatic rings. The van der Waals surface area contributed by atoms with Gasteiger partial charge in [0.1, 0.15) is 6.10 Å². The summed E-state index contributed by atoms with van der Waals surface area (Å²) in [5, 5.41) is 20.0. The Kier molecular flexibility index (Phi) is 2.32. The minimum absolute atomic E-state index is 0.0121. The molecule has 70 valence electrons. The van der Waals surface area contributed by atoms with Crippen LogP contribution in [-0.4, -0.2) is 47.2 Å². The van der Waals surface area contributed by atoms with E-state index in [0.717, 1.165) is 19.4 Å². The molecule has 12 heavy (non-hydrogen) atoms. The first-order chi connectivity index (χ1) is 5.86. The van der Waals surface area contributed by atoms with Gasteiger partial charge in [0, 0.05) is 18.5 Å². The molecular formula is C8H15NO3. The van der Waals surface area contributed by atoms with Gasteiger partial charge in [-0.1, -0.05) is 0 Å². The van der Waals surface area contributed by atoms with Crippen LogP contribution in [0, 0.1) is 5.92 Å². The molecule has 2 heterocycles. The zero-order chi connectivity index (χ0) is 8.55. The van der Waals surface area contributed by atoms with Gasteiger partial charge in [0.15, 0.2) is 0 Å². The van der Waals surface area contributed by atoms with E-state index in [4.69, 9.17) is 15.1 Å². The van der Waals surface area contributed by atoms with Crippen LogP contribution in [0.25, 0.3) is 0 Å². The highest BCUT2D eigenvalue weighted by Crippen LogP contribution is 2.34. The van der Waals surface area contributed by atoms with Crippen LogP contribution in [0.5, 0.6) is 0 Å². The van der Waals surface area contributed by atoms with E-state index >= 15 is 0 Å². The molecule has 2 fully saturated rings. The van der Waals surface area contributed by atoms with Crippen molar-refractivity contribution in [2.75, 3.05) is 19.8 Å². The maximum Gasteiger partial charge on any atom is 0.109 e. The quantitative estimate of drug-likeness (QED) is 0.583. The van der Waals surface area contributed by atoms with Gasteiger partial charge in [0.2, 0.25) is 0 Å². The van der Waals surface area contributed by atoms with E-state index < -0.39 is 0 Å². The topological polar surface area (TPSA) is 52.9 Å². The van der Waals surface area contributed by atoms with Gasteiger partial charge in [-0.25, -0.2) is 0 Å². The summed E-state index contributed by atoms with van der Waals surface area (Å²) in [5.74, 6) is 0.109. The summed E-state index contributed by atoms with van der Waals surface area (Å²) in [6, 6.07) is 0.340. The lowest BCUT2D eigenvalue weighted by Crippen LogP contribution is -2.30. The van der Waals surface area contributed by atoms with Crippen LogP contribution in [0.1, 0.15) is 12.8 Å². The van der Waals surface area contributed by atoms with Crippen molar-refractivity contribution in [3.63, 3.8) is 0 Å². The third kappa shape index (κ3) is 1.15. The summed E-state index contributed by atoms with van der Waals surface area (Å²) >= 11 is 0. The first kappa shape index (κ1) is 8.44. The fourth-order valence-corrected chi connectivity index (χ4v) is 2.23. The molecule has 3 unspecified atom stereocenters. The van der Waals surface area contributed by atoms with Crippen LogP contribution in [0.2, 0.25) is 0 Å². The van der Waals surface area contributed by atoms with E-state index in [1.807, 2.05) is 5.06 Å². The molecule has 0 radical (unpaired) electrons. The van der Waals surface area contributed by atoms with Crippen LogP contribution < -0.4 is 0 Å². The van der Waals surface area contributed by atoms with E-state index in [9.17, 15) is 0 Å². The second kappa shape index (κ2) is 3.30. The van der Waals surface area contributed by atoms with E-state index in [-0.39, 0.29) is 25.2 Å². The molecule has 2 aliphatic heterocycles. The van der Waals surface area contributed by atoms with Crippen molar-refractivity contribution in [3.05, 3.63) is 0 Å². The van der Waals surface area contributed by atoms with Gasteiger partial charge in [-0.2, -0.15) is 5.06 Å². The number of hydroxylamine groups is 2. The number of hydrogen-bond acceptors (Lipinski definition) is 4.